The van der Waals surface area contributed by atoms with E-state index < -0.39 is 23.4 Å². The summed E-state index contributed by atoms with van der Waals surface area (Å²) in [4.78, 5) is 12.2. The van der Waals surface area contributed by atoms with Gasteiger partial charge in [0.2, 0.25) is 0 Å². The van der Waals surface area contributed by atoms with Gasteiger partial charge in [-0.25, -0.2) is 0 Å². The van der Waals surface area contributed by atoms with E-state index in [4.69, 9.17) is 10.00 Å². The van der Waals surface area contributed by atoms with Gasteiger partial charge in [0, 0.05) is 6.54 Å². The van der Waals surface area contributed by atoms with Crippen LogP contribution < -0.4 is 10.1 Å². The lowest BCUT2D eigenvalue weighted by Gasteiger charge is -2.19. The summed E-state index contributed by atoms with van der Waals surface area (Å²) in [6.07, 6.45) is -1.73. The van der Waals surface area contributed by atoms with Gasteiger partial charge in [-0.3, -0.25) is 4.79 Å². The number of benzene rings is 1. The lowest BCUT2D eigenvalue weighted by molar-refractivity contribution is -0.137. The zero-order chi connectivity index (χ0) is 18.9. The van der Waals surface area contributed by atoms with Crippen molar-refractivity contribution in [3.05, 3.63) is 29.3 Å². The van der Waals surface area contributed by atoms with Crippen LogP contribution in [0.15, 0.2) is 18.2 Å². The highest BCUT2D eigenvalue weighted by Crippen LogP contribution is 2.34. The number of ether oxygens (including phenoxy) is 1. The van der Waals surface area contributed by atoms with Gasteiger partial charge >= 0.3 is 6.18 Å². The van der Waals surface area contributed by atoms with Crippen LogP contribution >= 0.6 is 11.8 Å². The second-order valence-corrected chi connectivity index (χ2v) is 6.34. The average molecular weight is 374 g/mol. The van der Waals surface area contributed by atoms with Crippen LogP contribution in [0.4, 0.5) is 13.2 Å². The molecule has 0 aliphatic carbocycles. The number of carbonyl (C=O) groups excluding carboxylic acids is 1. The molecular weight excluding hydrogens is 353 g/mol. The number of nitrogens with one attached hydrogen (secondary N) is 1. The van der Waals surface area contributed by atoms with Crippen molar-refractivity contribution in [1.82, 2.24) is 5.32 Å². The molecule has 1 unspecified atom stereocenters. The van der Waals surface area contributed by atoms with Gasteiger partial charge in [-0.2, -0.15) is 30.2 Å². The predicted molar refractivity (Wildman–Crippen MR) is 91.5 cm³/mol. The molecule has 0 fully saturated rings. The van der Waals surface area contributed by atoms with Crippen molar-refractivity contribution in [2.24, 2.45) is 0 Å². The molecule has 0 aliphatic rings. The fraction of sp³-hybridized carbons (Fsp3) is 0.529. The van der Waals surface area contributed by atoms with Gasteiger partial charge in [0.25, 0.3) is 5.91 Å². The molecule has 1 atom stereocenters. The van der Waals surface area contributed by atoms with E-state index >= 15 is 0 Å². The standard InChI is InChI=1S/C17H21F3N2O2S/c1-3-5-15(16(23)22-8-4-9-25-2)24-13-7-6-12(11-21)14(10-13)17(18,19)20/h6-7,10,15H,3-5,8-9H2,1-2H3,(H,22,23). The average Bonchev–Trinajstić information content (AvgIpc) is 2.57. The Kier molecular flexibility index (Phi) is 8.62. The first-order valence-corrected chi connectivity index (χ1v) is 9.27. The Morgan fingerprint density at radius 2 is 2.16 bits per heavy atom. The first kappa shape index (κ1) is 21.2. The van der Waals surface area contributed by atoms with Gasteiger partial charge in [0.05, 0.1) is 17.2 Å². The quantitative estimate of drug-likeness (QED) is 0.664. The molecule has 0 radical (unpaired) electrons. The van der Waals surface area contributed by atoms with Gasteiger partial charge in [-0.15, -0.1) is 0 Å². The van der Waals surface area contributed by atoms with E-state index in [1.54, 1.807) is 11.8 Å². The maximum absolute atomic E-state index is 13.0. The molecule has 8 heteroatoms. The molecule has 0 aromatic heterocycles. The van der Waals surface area contributed by atoms with E-state index in [1.807, 2.05) is 13.2 Å². The van der Waals surface area contributed by atoms with Crippen LogP contribution in [-0.2, 0) is 11.0 Å². The van der Waals surface area contributed by atoms with E-state index in [0.29, 0.717) is 19.4 Å². The monoisotopic (exact) mass is 374 g/mol. The van der Waals surface area contributed by atoms with E-state index in [0.717, 1.165) is 24.3 Å². The van der Waals surface area contributed by atoms with Crippen LogP contribution in [0.2, 0.25) is 0 Å². The van der Waals surface area contributed by atoms with Crippen molar-refractivity contribution >= 4 is 17.7 Å². The summed E-state index contributed by atoms with van der Waals surface area (Å²) in [5.74, 6) is 0.481. The van der Waals surface area contributed by atoms with Crippen molar-refractivity contribution < 1.29 is 22.7 Å². The number of amides is 1. The number of hydrogen-bond donors (Lipinski definition) is 1. The van der Waals surface area contributed by atoms with Crippen molar-refractivity contribution in [2.75, 3.05) is 18.6 Å². The molecule has 1 aromatic carbocycles. The summed E-state index contributed by atoms with van der Waals surface area (Å²) in [7, 11) is 0. The zero-order valence-corrected chi connectivity index (χ0v) is 15.0. The Bertz CT molecular complexity index is 615. The van der Waals surface area contributed by atoms with E-state index in [9.17, 15) is 18.0 Å². The third kappa shape index (κ3) is 6.86. The summed E-state index contributed by atoms with van der Waals surface area (Å²) in [5, 5.41) is 11.5. The van der Waals surface area contributed by atoms with Crippen LogP contribution in [0.1, 0.15) is 37.3 Å². The summed E-state index contributed by atoms with van der Waals surface area (Å²) in [6, 6.07) is 4.61. The summed E-state index contributed by atoms with van der Waals surface area (Å²) in [6.45, 7) is 2.35. The number of carbonyl (C=O) groups is 1. The third-order valence-corrected chi connectivity index (χ3v) is 4.06. The number of thioether (sulfide) groups is 1. The minimum Gasteiger partial charge on any atom is -0.481 e. The molecule has 1 rings (SSSR count). The molecule has 4 nitrogen and oxygen atoms in total. The smallest absolute Gasteiger partial charge is 0.417 e. The molecular formula is C17H21F3N2O2S. The van der Waals surface area contributed by atoms with E-state index in [2.05, 4.69) is 5.32 Å². The Balaban J connectivity index is 2.88. The van der Waals surface area contributed by atoms with Crippen LogP contribution in [0.3, 0.4) is 0 Å². The van der Waals surface area contributed by atoms with Crippen molar-refractivity contribution in [1.29, 1.82) is 5.26 Å². The maximum atomic E-state index is 13.0. The molecule has 138 valence electrons. The predicted octanol–water partition coefficient (Wildman–Crippen LogP) is 3.99. The molecule has 0 saturated heterocycles. The number of nitriles is 1. The molecule has 1 aromatic rings. The van der Waals surface area contributed by atoms with Crippen molar-refractivity contribution in [3.8, 4) is 11.8 Å². The fourth-order valence-electron chi connectivity index (χ4n) is 2.14. The molecule has 1 N–H and O–H groups in total. The molecule has 0 heterocycles. The summed E-state index contributed by atoms with van der Waals surface area (Å²) < 4.78 is 44.5. The molecule has 25 heavy (non-hydrogen) atoms. The highest BCUT2D eigenvalue weighted by atomic mass is 32.2. The van der Waals surface area contributed by atoms with Crippen molar-refractivity contribution in [3.63, 3.8) is 0 Å². The summed E-state index contributed by atoms with van der Waals surface area (Å²) >= 11 is 1.67. The number of rotatable bonds is 9. The maximum Gasteiger partial charge on any atom is 0.417 e. The van der Waals surface area contributed by atoms with Crippen LogP contribution in [0.25, 0.3) is 0 Å². The molecule has 0 aliphatic heterocycles. The second kappa shape index (κ2) is 10.2. The minimum atomic E-state index is -4.66. The first-order valence-electron chi connectivity index (χ1n) is 7.88. The van der Waals surface area contributed by atoms with Gasteiger partial charge < -0.3 is 10.1 Å². The Morgan fingerprint density at radius 1 is 1.44 bits per heavy atom. The van der Waals surface area contributed by atoms with Gasteiger partial charge in [-0.05, 0) is 43.0 Å². The lowest BCUT2D eigenvalue weighted by Crippen LogP contribution is -2.39. The van der Waals surface area contributed by atoms with Gasteiger partial charge in [0.1, 0.15) is 5.75 Å². The number of hydrogen-bond acceptors (Lipinski definition) is 4. The van der Waals surface area contributed by atoms with Gasteiger partial charge in [0.15, 0.2) is 6.10 Å². The van der Waals surface area contributed by atoms with Crippen LogP contribution in [0.5, 0.6) is 5.75 Å². The van der Waals surface area contributed by atoms with E-state index in [-0.39, 0.29) is 11.7 Å². The molecule has 0 spiro atoms. The van der Waals surface area contributed by atoms with Crippen molar-refractivity contribution in [2.45, 2.75) is 38.5 Å². The highest BCUT2D eigenvalue weighted by molar-refractivity contribution is 7.98. The normalized spacial score (nSPS) is 12.3. The number of halogens is 3. The number of nitrogens with zero attached hydrogens (tertiary/aromatic N) is 1. The Labute approximate surface area is 149 Å². The number of alkyl halides is 3. The Morgan fingerprint density at radius 3 is 2.72 bits per heavy atom. The SMILES string of the molecule is CCCC(Oc1ccc(C#N)c(C(F)(F)F)c1)C(=O)NCCCSC. The largest absolute Gasteiger partial charge is 0.481 e. The molecule has 0 saturated carbocycles. The zero-order valence-electron chi connectivity index (χ0n) is 14.2. The summed E-state index contributed by atoms with van der Waals surface area (Å²) in [5.41, 5.74) is -1.54. The molecule has 0 bridgehead atoms. The Hall–Kier alpha value is -1.88. The van der Waals surface area contributed by atoms with E-state index in [1.165, 1.54) is 12.1 Å². The highest BCUT2D eigenvalue weighted by Gasteiger charge is 2.34. The minimum absolute atomic E-state index is 0.0796. The second-order valence-electron chi connectivity index (χ2n) is 5.35. The topological polar surface area (TPSA) is 62.1 Å². The van der Waals surface area contributed by atoms with Crippen LogP contribution in [0, 0.1) is 11.3 Å². The fourth-order valence-corrected chi connectivity index (χ4v) is 2.57. The first-order chi connectivity index (χ1) is 11.8. The molecule has 1 amide bonds. The van der Waals surface area contributed by atoms with Crippen LogP contribution in [-0.4, -0.2) is 30.6 Å². The third-order valence-electron chi connectivity index (χ3n) is 3.36. The lowest BCUT2D eigenvalue weighted by atomic mass is 10.1. The van der Waals surface area contributed by atoms with Gasteiger partial charge in [-0.1, -0.05) is 13.3 Å².